The summed E-state index contributed by atoms with van der Waals surface area (Å²) >= 11 is 0. The van der Waals surface area contributed by atoms with E-state index in [-0.39, 0.29) is 11.5 Å². The van der Waals surface area contributed by atoms with Crippen LogP contribution in [0.4, 0.5) is 5.82 Å². The number of hydrogen-bond donors (Lipinski definition) is 5. The van der Waals surface area contributed by atoms with Crippen molar-refractivity contribution in [2.24, 2.45) is 0 Å². The van der Waals surface area contributed by atoms with E-state index < -0.39 is 38.3 Å². The Hall–Kier alpha value is -1.62. The van der Waals surface area contributed by atoms with Crippen molar-refractivity contribution in [3.8, 4) is 0 Å². The molecule has 0 aliphatic carbocycles. The summed E-state index contributed by atoms with van der Waals surface area (Å²) in [7, 11) is -4.40. The minimum absolute atomic E-state index is 0.142. The quantitative estimate of drug-likeness (QED) is 0.403. The van der Waals surface area contributed by atoms with Gasteiger partial charge in [0.1, 0.15) is 30.2 Å². The van der Waals surface area contributed by atoms with Crippen LogP contribution >= 0.6 is 7.60 Å². The molecule has 0 radical (unpaired) electrons. The Morgan fingerprint density at radius 2 is 2.00 bits per heavy atom. The van der Waals surface area contributed by atoms with Gasteiger partial charge >= 0.3 is 7.60 Å². The van der Waals surface area contributed by atoms with Crippen LogP contribution in [0, 0.1) is 0 Å². The molecule has 2 aromatic rings. The van der Waals surface area contributed by atoms with Gasteiger partial charge in [-0.2, -0.15) is 0 Å². The monoisotopic (exact) mass is 331 g/mol. The van der Waals surface area contributed by atoms with Gasteiger partial charge in [-0.15, -0.1) is 0 Å². The molecular formula is C10H14N5O6P. The molecular weight excluding hydrogens is 317 g/mol. The third kappa shape index (κ3) is 2.58. The number of rotatable bonds is 3. The molecule has 12 heteroatoms. The van der Waals surface area contributed by atoms with Crippen LogP contribution in [0.2, 0.25) is 0 Å². The van der Waals surface area contributed by atoms with Crippen molar-refractivity contribution in [2.45, 2.75) is 24.5 Å². The molecule has 0 bridgehead atoms. The molecule has 3 heterocycles. The molecule has 0 saturated carbocycles. The van der Waals surface area contributed by atoms with Crippen molar-refractivity contribution in [3.05, 3.63) is 12.7 Å². The highest BCUT2D eigenvalue weighted by Gasteiger charge is 2.46. The average molecular weight is 331 g/mol. The summed E-state index contributed by atoms with van der Waals surface area (Å²) in [5.41, 5.74) is 6.23. The summed E-state index contributed by atoms with van der Waals surface area (Å²) in [6.45, 7) is 0. The lowest BCUT2D eigenvalue weighted by atomic mass is 10.1. The second-order valence-corrected chi connectivity index (χ2v) is 6.67. The molecule has 0 aromatic carbocycles. The highest BCUT2D eigenvalue weighted by atomic mass is 31.2. The summed E-state index contributed by atoms with van der Waals surface area (Å²) in [6, 6.07) is 0. The summed E-state index contributed by atoms with van der Waals surface area (Å²) in [6.07, 6.45) is -3.34. The van der Waals surface area contributed by atoms with Crippen LogP contribution in [0.5, 0.6) is 0 Å². The summed E-state index contributed by atoms with van der Waals surface area (Å²) < 4.78 is 17.8. The second kappa shape index (κ2) is 5.23. The Bertz CT molecular complexity index is 746. The van der Waals surface area contributed by atoms with Crippen molar-refractivity contribution in [1.29, 1.82) is 0 Å². The molecule has 0 amide bonds. The van der Waals surface area contributed by atoms with Gasteiger partial charge in [-0.25, -0.2) is 15.0 Å². The molecule has 1 saturated heterocycles. The zero-order valence-electron chi connectivity index (χ0n) is 11.1. The Labute approximate surface area is 123 Å². The Kier molecular flexibility index (Phi) is 3.63. The van der Waals surface area contributed by atoms with Gasteiger partial charge in [0.2, 0.25) is 0 Å². The topological polar surface area (TPSA) is 177 Å². The van der Waals surface area contributed by atoms with E-state index in [0.717, 1.165) is 0 Å². The largest absolute Gasteiger partial charge is 0.387 e. The molecule has 11 nitrogen and oxygen atoms in total. The average Bonchev–Trinajstić information content (AvgIpc) is 2.95. The predicted octanol–water partition coefficient (Wildman–Crippen LogP) is -1.79. The van der Waals surface area contributed by atoms with Crippen molar-refractivity contribution >= 4 is 24.6 Å². The van der Waals surface area contributed by atoms with Crippen LogP contribution in [-0.2, 0) is 9.30 Å². The number of aliphatic hydroxyl groups excluding tert-OH is 2. The number of imidazole rings is 1. The number of nitrogens with two attached hydrogens (primary N) is 1. The van der Waals surface area contributed by atoms with E-state index in [1.54, 1.807) is 0 Å². The van der Waals surface area contributed by atoms with Gasteiger partial charge in [-0.05, 0) is 0 Å². The molecule has 4 unspecified atom stereocenters. The maximum Gasteiger partial charge on any atom is 0.328 e. The van der Waals surface area contributed by atoms with Crippen molar-refractivity contribution in [1.82, 2.24) is 19.5 Å². The lowest BCUT2D eigenvalue weighted by molar-refractivity contribution is -0.0300. The van der Waals surface area contributed by atoms with E-state index in [2.05, 4.69) is 15.0 Å². The van der Waals surface area contributed by atoms with Gasteiger partial charge in [-0.1, -0.05) is 0 Å². The first-order chi connectivity index (χ1) is 10.3. The molecule has 22 heavy (non-hydrogen) atoms. The van der Waals surface area contributed by atoms with E-state index in [0.29, 0.717) is 5.52 Å². The Morgan fingerprint density at radius 1 is 1.27 bits per heavy atom. The highest BCUT2D eigenvalue weighted by Crippen LogP contribution is 2.41. The van der Waals surface area contributed by atoms with Crippen LogP contribution < -0.4 is 5.73 Å². The van der Waals surface area contributed by atoms with Crippen molar-refractivity contribution < 1.29 is 29.3 Å². The zero-order valence-corrected chi connectivity index (χ0v) is 12.0. The first-order valence-corrected chi connectivity index (χ1v) is 8.07. The SMILES string of the molecule is Nc1ncnc2c1ncn2C1OC(CP(=O)(O)O)C(O)C1O. The van der Waals surface area contributed by atoms with Gasteiger partial charge in [0.05, 0.1) is 12.5 Å². The van der Waals surface area contributed by atoms with Crippen LogP contribution in [0.15, 0.2) is 12.7 Å². The maximum atomic E-state index is 11.1. The molecule has 1 aliphatic rings. The molecule has 0 spiro atoms. The molecule has 3 rings (SSSR count). The molecule has 1 aliphatic heterocycles. The van der Waals surface area contributed by atoms with Gasteiger partial charge in [-0.3, -0.25) is 9.13 Å². The maximum absolute atomic E-state index is 11.1. The van der Waals surface area contributed by atoms with Crippen molar-refractivity contribution in [2.75, 3.05) is 11.9 Å². The molecule has 2 aromatic heterocycles. The normalized spacial score (nSPS) is 29.3. The van der Waals surface area contributed by atoms with E-state index in [9.17, 15) is 14.8 Å². The lowest BCUT2D eigenvalue weighted by Gasteiger charge is -2.16. The number of aliphatic hydroxyl groups is 2. The third-order valence-electron chi connectivity index (χ3n) is 3.42. The molecule has 1 fully saturated rings. The number of nitrogens with zero attached hydrogens (tertiary/aromatic N) is 4. The number of nitrogen functional groups attached to an aromatic ring is 1. The third-order valence-corrected chi connectivity index (χ3v) is 4.25. The van der Waals surface area contributed by atoms with E-state index >= 15 is 0 Å². The standard InChI is InChI=1S/C10H14N5O6P/c11-8-5-9(13-2-12-8)15(3-14-5)10-7(17)6(16)4(21-10)1-22(18,19)20/h2-4,6-7,10,16-17H,1H2,(H2,11,12,13)(H2,18,19,20). The predicted molar refractivity (Wildman–Crippen MR) is 72.6 cm³/mol. The Morgan fingerprint density at radius 3 is 2.68 bits per heavy atom. The minimum Gasteiger partial charge on any atom is -0.387 e. The summed E-state index contributed by atoms with van der Waals surface area (Å²) in [5.74, 6) is 0.142. The number of hydrogen-bond acceptors (Lipinski definition) is 8. The number of anilines is 1. The fourth-order valence-corrected chi connectivity index (χ4v) is 3.17. The smallest absolute Gasteiger partial charge is 0.328 e. The fraction of sp³-hybridized carbons (Fsp3) is 0.500. The van der Waals surface area contributed by atoms with Gasteiger partial charge in [0.25, 0.3) is 0 Å². The van der Waals surface area contributed by atoms with Crippen LogP contribution in [0.1, 0.15) is 6.23 Å². The zero-order chi connectivity index (χ0) is 16.1. The first kappa shape index (κ1) is 15.3. The fourth-order valence-electron chi connectivity index (χ4n) is 2.40. The van der Waals surface area contributed by atoms with E-state index in [1.807, 2.05) is 0 Å². The van der Waals surface area contributed by atoms with E-state index in [4.69, 9.17) is 20.3 Å². The van der Waals surface area contributed by atoms with Crippen LogP contribution in [0.25, 0.3) is 11.2 Å². The highest BCUT2D eigenvalue weighted by molar-refractivity contribution is 7.51. The number of aromatic nitrogens is 4. The van der Waals surface area contributed by atoms with Crippen LogP contribution in [0.3, 0.4) is 0 Å². The number of fused-ring (bicyclic) bond motifs is 1. The Balaban J connectivity index is 1.94. The first-order valence-electron chi connectivity index (χ1n) is 6.27. The second-order valence-electron chi connectivity index (χ2n) is 4.98. The summed E-state index contributed by atoms with van der Waals surface area (Å²) in [4.78, 5) is 29.8. The number of ether oxygens (including phenoxy) is 1. The van der Waals surface area contributed by atoms with Gasteiger partial charge < -0.3 is 30.5 Å². The molecule has 4 atom stereocenters. The lowest BCUT2D eigenvalue weighted by Crippen LogP contribution is -2.33. The van der Waals surface area contributed by atoms with Gasteiger partial charge in [0, 0.05) is 0 Å². The minimum atomic E-state index is -4.40. The van der Waals surface area contributed by atoms with Gasteiger partial charge in [0.15, 0.2) is 17.7 Å². The summed E-state index contributed by atoms with van der Waals surface area (Å²) in [5, 5.41) is 20.0. The molecule has 6 N–H and O–H groups in total. The molecule has 120 valence electrons. The van der Waals surface area contributed by atoms with Crippen molar-refractivity contribution in [3.63, 3.8) is 0 Å². The van der Waals surface area contributed by atoms with E-state index in [1.165, 1.54) is 17.2 Å². The van der Waals surface area contributed by atoms with Crippen LogP contribution in [-0.4, -0.2) is 64.0 Å².